The number of nitrogens with zero attached hydrogens (tertiary/aromatic N) is 3. The van der Waals surface area contributed by atoms with E-state index in [1.165, 1.54) is 0 Å². The van der Waals surface area contributed by atoms with Crippen LogP contribution in [0.15, 0.2) is 75.8 Å². The Morgan fingerprint density at radius 3 is 2.53 bits per heavy atom. The highest BCUT2D eigenvalue weighted by atomic mass is 79.9. The van der Waals surface area contributed by atoms with Gasteiger partial charge >= 0.3 is 0 Å². The summed E-state index contributed by atoms with van der Waals surface area (Å²) >= 11 is 3.26. The molecule has 1 saturated heterocycles. The van der Waals surface area contributed by atoms with Gasteiger partial charge in [-0.15, -0.1) is 0 Å². The number of fused-ring (bicyclic) bond motifs is 1. The van der Waals surface area contributed by atoms with Crippen LogP contribution in [0.3, 0.4) is 0 Å². The van der Waals surface area contributed by atoms with Crippen LogP contribution in [0.4, 0.5) is 0 Å². The number of imidazole rings is 1. The molecule has 0 spiro atoms. The zero-order valence-corrected chi connectivity index (χ0v) is 19.2. The summed E-state index contributed by atoms with van der Waals surface area (Å²) in [6.07, 6.45) is 1.89. The molecule has 1 fully saturated rings. The van der Waals surface area contributed by atoms with Crippen molar-refractivity contribution >= 4 is 32.9 Å². The molecule has 0 saturated carbocycles. The summed E-state index contributed by atoms with van der Waals surface area (Å²) in [5.41, 5.74) is 2.10. The second kappa shape index (κ2) is 9.20. The molecule has 1 aliphatic heterocycles. The molecule has 164 valence electrons. The predicted octanol–water partition coefficient (Wildman–Crippen LogP) is 5.52. The number of carbonyl (C=O) groups excluding carboxylic acids is 1. The van der Waals surface area contributed by atoms with E-state index in [2.05, 4.69) is 26.6 Å². The molecule has 2 aromatic carbocycles. The number of amides is 1. The van der Waals surface area contributed by atoms with E-state index >= 15 is 0 Å². The molecular weight excluding hydrogens is 470 g/mol. The van der Waals surface area contributed by atoms with Crippen LogP contribution in [0.5, 0.6) is 5.75 Å². The number of aromatic nitrogens is 2. The smallest absolute Gasteiger partial charge is 0.289 e. The van der Waals surface area contributed by atoms with Crippen LogP contribution in [0.2, 0.25) is 0 Å². The van der Waals surface area contributed by atoms with Gasteiger partial charge in [0.1, 0.15) is 18.2 Å². The van der Waals surface area contributed by atoms with Gasteiger partial charge in [0.05, 0.1) is 11.0 Å². The Bertz CT molecular complexity index is 1210. The first kappa shape index (κ1) is 20.8. The fourth-order valence-corrected chi connectivity index (χ4v) is 4.57. The standard InChI is InChI=1S/C25H24BrN3O3/c26-23-11-10-22(32-23)25(30)28-14-12-18(13-15-28)16-29-21-9-5-4-8-20(21)27-24(29)17-31-19-6-2-1-3-7-19/h1-11,18H,12-17H2. The minimum Gasteiger partial charge on any atom is -0.486 e. The summed E-state index contributed by atoms with van der Waals surface area (Å²) in [5.74, 6) is 2.57. The second-order valence-electron chi connectivity index (χ2n) is 8.07. The van der Waals surface area contributed by atoms with Crippen molar-refractivity contribution in [3.8, 4) is 5.75 Å². The molecule has 0 bridgehead atoms. The third-order valence-corrected chi connectivity index (χ3v) is 6.40. The number of para-hydroxylation sites is 3. The van der Waals surface area contributed by atoms with E-state index in [1.807, 2.05) is 53.4 Å². The molecule has 2 aromatic heterocycles. The first-order valence-electron chi connectivity index (χ1n) is 10.8. The van der Waals surface area contributed by atoms with Crippen molar-refractivity contribution < 1.29 is 13.9 Å². The van der Waals surface area contributed by atoms with Gasteiger partial charge in [-0.2, -0.15) is 0 Å². The van der Waals surface area contributed by atoms with Crippen molar-refractivity contribution in [3.05, 3.63) is 83.0 Å². The van der Waals surface area contributed by atoms with E-state index < -0.39 is 0 Å². The number of ether oxygens (including phenoxy) is 1. The number of hydrogen-bond acceptors (Lipinski definition) is 4. The predicted molar refractivity (Wildman–Crippen MR) is 126 cm³/mol. The van der Waals surface area contributed by atoms with Crippen LogP contribution in [-0.2, 0) is 13.2 Å². The van der Waals surface area contributed by atoms with Crippen LogP contribution < -0.4 is 4.74 Å². The van der Waals surface area contributed by atoms with Crippen LogP contribution in [-0.4, -0.2) is 33.4 Å². The number of hydrogen-bond donors (Lipinski definition) is 0. The number of likely N-dealkylation sites (tertiary alicyclic amines) is 1. The number of piperidine rings is 1. The van der Waals surface area contributed by atoms with Crippen molar-refractivity contribution in [1.82, 2.24) is 14.5 Å². The summed E-state index contributed by atoms with van der Waals surface area (Å²) in [7, 11) is 0. The maximum atomic E-state index is 12.7. The van der Waals surface area contributed by atoms with E-state index in [1.54, 1.807) is 12.1 Å². The fourth-order valence-electron chi connectivity index (χ4n) is 4.27. The Kier molecular flexibility index (Phi) is 5.99. The van der Waals surface area contributed by atoms with Crippen molar-refractivity contribution in [3.63, 3.8) is 0 Å². The van der Waals surface area contributed by atoms with Crippen LogP contribution in [0.1, 0.15) is 29.2 Å². The minimum atomic E-state index is -0.0424. The Morgan fingerprint density at radius 2 is 1.78 bits per heavy atom. The van der Waals surface area contributed by atoms with Crippen LogP contribution in [0, 0.1) is 5.92 Å². The molecule has 0 atom stereocenters. The topological polar surface area (TPSA) is 60.5 Å². The van der Waals surface area contributed by atoms with Gasteiger partial charge in [-0.25, -0.2) is 4.98 Å². The third kappa shape index (κ3) is 4.43. The molecule has 1 aliphatic rings. The van der Waals surface area contributed by atoms with E-state index in [-0.39, 0.29) is 5.91 Å². The van der Waals surface area contributed by atoms with Gasteiger partial charge in [-0.1, -0.05) is 30.3 Å². The SMILES string of the molecule is O=C(c1ccc(Br)o1)N1CCC(Cn2c(COc3ccccc3)nc3ccccc32)CC1. The molecule has 0 aliphatic carbocycles. The van der Waals surface area contributed by atoms with E-state index in [0.29, 0.717) is 23.0 Å². The Labute approximate surface area is 194 Å². The molecule has 6 nitrogen and oxygen atoms in total. The maximum Gasteiger partial charge on any atom is 0.289 e. The first-order chi connectivity index (χ1) is 15.7. The fraction of sp³-hybridized carbons (Fsp3) is 0.280. The largest absolute Gasteiger partial charge is 0.486 e. The summed E-state index contributed by atoms with van der Waals surface area (Å²) in [4.78, 5) is 19.4. The lowest BCUT2D eigenvalue weighted by Gasteiger charge is -2.32. The molecule has 0 radical (unpaired) electrons. The maximum absolute atomic E-state index is 12.7. The van der Waals surface area contributed by atoms with Gasteiger partial charge in [0.25, 0.3) is 5.91 Å². The first-order valence-corrected chi connectivity index (χ1v) is 11.6. The molecule has 32 heavy (non-hydrogen) atoms. The van der Waals surface area contributed by atoms with Gasteiger partial charge in [0, 0.05) is 19.6 Å². The normalized spacial score (nSPS) is 14.7. The van der Waals surface area contributed by atoms with E-state index in [0.717, 1.165) is 55.1 Å². The second-order valence-corrected chi connectivity index (χ2v) is 8.85. The molecule has 7 heteroatoms. The number of benzene rings is 2. The van der Waals surface area contributed by atoms with Crippen molar-refractivity contribution in [2.45, 2.75) is 26.0 Å². The molecular formula is C25H24BrN3O3. The van der Waals surface area contributed by atoms with Crippen molar-refractivity contribution in [2.75, 3.05) is 13.1 Å². The van der Waals surface area contributed by atoms with Gasteiger partial charge in [-0.3, -0.25) is 4.79 Å². The number of furan rings is 1. The summed E-state index contributed by atoms with van der Waals surface area (Å²) < 4.78 is 14.3. The van der Waals surface area contributed by atoms with E-state index in [9.17, 15) is 4.79 Å². The average molecular weight is 494 g/mol. The quantitative estimate of drug-likeness (QED) is 0.354. The lowest BCUT2D eigenvalue weighted by Crippen LogP contribution is -2.39. The van der Waals surface area contributed by atoms with Crippen molar-refractivity contribution in [1.29, 1.82) is 0 Å². The molecule has 1 amide bonds. The number of rotatable bonds is 6. The number of carbonyl (C=O) groups is 1. The Balaban J connectivity index is 1.28. The average Bonchev–Trinajstić information content (AvgIpc) is 3.42. The monoisotopic (exact) mass is 493 g/mol. The highest BCUT2D eigenvalue weighted by Crippen LogP contribution is 2.26. The van der Waals surface area contributed by atoms with Crippen LogP contribution in [0.25, 0.3) is 11.0 Å². The van der Waals surface area contributed by atoms with Gasteiger partial charge in [0.2, 0.25) is 0 Å². The summed E-state index contributed by atoms with van der Waals surface area (Å²) in [6.45, 7) is 2.74. The molecule has 3 heterocycles. The van der Waals surface area contributed by atoms with Gasteiger partial charge in [-0.05, 0) is 71.1 Å². The zero-order chi connectivity index (χ0) is 21.9. The Hall–Kier alpha value is -3.06. The van der Waals surface area contributed by atoms with E-state index in [4.69, 9.17) is 14.1 Å². The lowest BCUT2D eigenvalue weighted by atomic mass is 9.96. The number of halogens is 1. The lowest BCUT2D eigenvalue weighted by molar-refractivity contribution is 0.0649. The molecule has 5 rings (SSSR count). The van der Waals surface area contributed by atoms with Crippen LogP contribution >= 0.6 is 15.9 Å². The molecule has 0 N–H and O–H groups in total. The molecule has 0 unspecified atom stereocenters. The summed E-state index contributed by atoms with van der Waals surface area (Å²) in [6, 6.07) is 21.5. The van der Waals surface area contributed by atoms with Crippen molar-refractivity contribution in [2.24, 2.45) is 5.92 Å². The summed E-state index contributed by atoms with van der Waals surface area (Å²) in [5, 5.41) is 0. The van der Waals surface area contributed by atoms with Gasteiger partial charge in [0.15, 0.2) is 10.4 Å². The highest BCUT2D eigenvalue weighted by Gasteiger charge is 2.26. The molecule has 4 aromatic rings. The zero-order valence-electron chi connectivity index (χ0n) is 17.6. The Morgan fingerprint density at radius 1 is 1.03 bits per heavy atom. The minimum absolute atomic E-state index is 0.0424. The van der Waals surface area contributed by atoms with Gasteiger partial charge < -0.3 is 18.6 Å². The highest BCUT2D eigenvalue weighted by molar-refractivity contribution is 9.10. The third-order valence-electron chi connectivity index (χ3n) is 5.97.